The monoisotopic (exact) mass is 180 g/mol. The van der Waals surface area contributed by atoms with Gasteiger partial charge in [0.25, 0.3) is 0 Å². The van der Waals surface area contributed by atoms with E-state index in [9.17, 15) is 0 Å². The van der Waals surface area contributed by atoms with E-state index < -0.39 is 0 Å². The minimum atomic E-state index is 0.789. The first-order valence-electron chi connectivity index (χ1n) is 4.73. The van der Waals surface area contributed by atoms with Crippen molar-refractivity contribution in [2.45, 2.75) is 32.4 Å². The van der Waals surface area contributed by atoms with Crippen molar-refractivity contribution in [2.24, 2.45) is 7.05 Å². The Kier molecular flexibility index (Phi) is 2.07. The highest BCUT2D eigenvalue weighted by atomic mass is 15.3. The predicted octanol–water partition coefficient (Wildman–Crippen LogP) is 0.718. The van der Waals surface area contributed by atoms with Crippen molar-refractivity contribution in [1.29, 1.82) is 0 Å². The quantitative estimate of drug-likeness (QED) is 0.687. The van der Waals surface area contributed by atoms with Crippen LogP contribution < -0.4 is 0 Å². The average Bonchev–Trinajstić information content (AvgIpc) is 2.89. The first-order valence-corrected chi connectivity index (χ1v) is 4.73. The van der Waals surface area contributed by atoms with E-state index in [0.717, 1.165) is 24.2 Å². The normalized spacial score (nSPS) is 16.9. The summed E-state index contributed by atoms with van der Waals surface area (Å²) < 4.78 is 2.05. The summed E-state index contributed by atoms with van der Waals surface area (Å²) in [7, 11) is 4.17. The average molecular weight is 180 g/mol. The summed E-state index contributed by atoms with van der Waals surface area (Å²) in [6.45, 7) is 2.90. The molecule has 1 aromatic rings. The van der Waals surface area contributed by atoms with Gasteiger partial charge in [0, 0.05) is 13.1 Å². The highest BCUT2D eigenvalue weighted by molar-refractivity contribution is 4.94. The Morgan fingerprint density at radius 2 is 2.15 bits per heavy atom. The van der Waals surface area contributed by atoms with E-state index >= 15 is 0 Å². The second kappa shape index (κ2) is 3.10. The summed E-state index contributed by atoms with van der Waals surface area (Å²) in [6.07, 6.45) is 2.68. The molecule has 13 heavy (non-hydrogen) atoms. The Bertz CT molecular complexity index is 301. The molecular weight excluding hydrogens is 164 g/mol. The fraction of sp³-hybridized carbons (Fsp3) is 0.778. The molecule has 1 fully saturated rings. The maximum atomic E-state index is 4.14. The first kappa shape index (κ1) is 8.69. The Balaban J connectivity index is 2.03. The van der Waals surface area contributed by atoms with E-state index in [1.807, 2.05) is 14.0 Å². The van der Waals surface area contributed by atoms with Gasteiger partial charge >= 0.3 is 0 Å². The number of nitrogens with zero attached hydrogens (tertiary/aromatic N) is 4. The molecular formula is C9H16N4. The van der Waals surface area contributed by atoms with E-state index in [-0.39, 0.29) is 0 Å². The number of rotatable bonds is 3. The largest absolute Gasteiger partial charge is 0.317 e. The molecule has 1 aliphatic carbocycles. The maximum absolute atomic E-state index is 4.14. The Morgan fingerprint density at radius 3 is 2.62 bits per heavy atom. The number of aromatic nitrogens is 3. The fourth-order valence-electron chi connectivity index (χ4n) is 1.46. The van der Waals surface area contributed by atoms with Crippen LogP contribution in [0, 0.1) is 6.92 Å². The molecule has 1 aromatic heterocycles. The van der Waals surface area contributed by atoms with Gasteiger partial charge in [-0.3, -0.25) is 4.90 Å². The van der Waals surface area contributed by atoms with Gasteiger partial charge in [-0.05, 0) is 26.8 Å². The standard InChI is InChI=1S/C9H16N4/c1-7-10-11-9(13(7)3)6-12(2)8-4-5-8/h8H,4-6H2,1-3H3. The van der Waals surface area contributed by atoms with Crippen LogP contribution in [0.4, 0.5) is 0 Å². The van der Waals surface area contributed by atoms with Crippen molar-refractivity contribution in [2.75, 3.05) is 7.05 Å². The Morgan fingerprint density at radius 1 is 1.46 bits per heavy atom. The lowest BCUT2D eigenvalue weighted by Gasteiger charge is -2.14. The minimum Gasteiger partial charge on any atom is -0.317 e. The van der Waals surface area contributed by atoms with Crippen molar-refractivity contribution in [3.05, 3.63) is 11.6 Å². The summed E-state index contributed by atoms with van der Waals surface area (Å²) in [6, 6.07) is 0.789. The van der Waals surface area contributed by atoms with Crippen molar-refractivity contribution in [3.63, 3.8) is 0 Å². The van der Waals surface area contributed by atoms with Gasteiger partial charge in [0.05, 0.1) is 6.54 Å². The zero-order chi connectivity index (χ0) is 9.42. The summed E-state index contributed by atoms with van der Waals surface area (Å²) in [5, 5.41) is 8.17. The van der Waals surface area contributed by atoms with Crippen LogP contribution in [0.5, 0.6) is 0 Å². The zero-order valence-electron chi connectivity index (χ0n) is 8.49. The lowest BCUT2D eigenvalue weighted by atomic mass is 10.5. The number of aryl methyl sites for hydroxylation is 1. The SMILES string of the molecule is Cc1nnc(CN(C)C2CC2)n1C. The molecule has 0 N–H and O–H groups in total. The van der Waals surface area contributed by atoms with Crippen LogP contribution in [0.3, 0.4) is 0 Å². The van der Waals surface area contributed by atoms with Crippen molar-refractivity contribution < 1.29 is 0 Å². The van der Waals surface area contributed by atoms with E-state index in [2.05, 4.69) is 26.7 Å². The van der Waals surface area contributed by atoms with Gasteiger partial charge in [-0.1, -0.05) is 0 Å². The molecule has 0 aliphatic heterocycles. The Labute approximate surface area is 78.6 Å². The molecule has 1 heterocycles. The van der Waals surface area contributed by atoms with Crippen molar-refractivity contribution >= 4 is 0 Å². The summed E-state index contributed by atoms with van der Waals surface area (Å²) in [5.74, 6) is 2.05. The van der Waals surface area contributed by atoms with Gasteiger partial charge in [0.1, 0.15) is 11.6 Å². The summed E-state index contributed by atoms with van der Waals surface area (Å²) in [4.78, 5) is 2.35. The molecule has 0 bridgehead atoms. The smallest absolute Gasteiger partial charge is 0.146 e. The third kappa shape index (κ3) is 1.72. The first-order chi connectivity index (χ1) is 6.18. The molecule has 0 atom stereocenters. The number of hydrogen-bond acceptors (Lipinski definition) is 3. The summed E-state index contributed by atoms with van der Waals surface area (Å²) >= 11 is 0. The molecule has 4 heteroatoms. The molecule has 2 rings (SSSR count). The van der Waals surface area contributed by atoms with Crippen molar-refractivity contribution in [3.8, 4) is 0 Å². The highest BCUT2D eigenvalue weighted by Gasteiger charge is 2.26. The van der Waals surface area contributed by atoms with Crippen molar-refractivity contribution in [1.82, 2.24) is 19.7 Å². The van der Waals surface area contributed by atoms with Gasteiger partial charge in [-0.25, -0.2) is 0 Å². The minimum absolute atomic E-state index is 0.789. The van der Waals surface area contributed by atoms with Crippen LogP contribution in [0.2, 0.25) is 0 Å². The molecule has 0 spiro atoms. The fourth-order valence-corrected chi connectivity index (χ4v) is 1.46. The predicted molar refractivity (Wildman–Crippen MR) is 50.2 cm³/mol. The summed E-state index contributed by atoms with van der Waals surface area (Å²) in [5.41, 5.74) is 0. The van der Waals surface area contributed by atoms with E-state index in [4.69, 9.17) is 0 Å². The molecule has 4 nitrogen and oxygen atoms in total. The third-order valence-corrected chi connectivity index (χ3v) is 2.74. The maximum Gasteiger partial charge on any atom is 0.146 e. The van der Waals surface area contributed by atoms with Gasteiger partial charge in [0.2, 0.25) is 0 Å². The van der Waals surface area contributed by atoms with Crippen LogP contribution in [-0.2, 0) is 13.6 Å². The molecule has 72 valence electrons. The molecule has 1 aliphatic rings. The van der Waals surface area contributed by atoms with E-state index in [1.165, 1.54) is 12.8 Å². The van der Waals surface area contributed by atoms with Crippen LogP contribution in [0.25, 0.3) is 0 Å². The van der Waals surface area contributed by atoms with Crippen LogP contribution in [0.1, 0.15) is 24.5 Å². The van der Waals surface area contributed by atoms with Gasteiger partial charge in [-0.2, -0.15) is 0 Å². The van der Waals surface area contributed by atoms with E-state index in [0.29, 0.717) is 0 Å². The molecule has 0 saturated heterocycles. The zero-order valence-corrected chi connectivity index (χ0v) is 8.49. The molecule has 0 unspecified atom stereocenters. The lowest BCUT2D eigenvalue weighted by Crippen LogP contribution is -2.22. The molecule has 1 saturated carbocycles. The molecule has 0 amide bonds. The van der Waals surface area contributed by atoms with E-state index in [1.54, 1.807) is 0 Å². The number of hydrogen-bond donors (Lipinski definition) is 0. The van der Waals surface area contributed by atoms with Gasteiger partial charge in [-0.15, -0.1) is 10.2 Å². The Hall–Kier alpha value is -0.900. The van der Waals surface area contributed by atoms with Gasteiger partial charge in [0.15, 0.2) is 0 Å². The molecule has 0 aromatic carbocycles. The van der Waals surface area contributed by atoms with Crippen LogP contribution in [0.15, 0.2) is 0 Å². The highest BCUT2D eigenvalue weighted by Crippen LogP contribution is 2.26. The second-order valence-electron chi connectivity index (χ2n) is 3.87. The topological polar surface area (TPSA) is 34.0 Å². The third-order valence-electron chi connectivity index (χ3n) is 2.74. The lowest BCUT2D eigenvalue weighted by molar-refractivity contribution is 0.304. The molecule has 0 radical (unpaired) electrons. The second-order valence-corrected chi connectivity index (χ2v) is 3.87. The van der Waals surface area contributed by atoms with Crippen LogP contribution in [-0.4, -0.2) is 32.8 Å². The van der Waals surface area contributed by atoms with Crippen LogP contribution >= 0.6 is 0 Å². The van der Waals surface area contributed by atoms with Gasteiger partial charge < -0.3 is 4.57 Å².